The van der Waals surface area contributed by atoms with Gasteiger partial charge in [0.25, 0.3) is 0 Å². The van der Waals surface area contributed by atoms with E-state index in [1.807, 2.05) is 43.1 Å². The lowest BCUT2D eigenvalue weighted by atomic mass is 10.1. The number of fused-ring (bicyclic) bond motifs is 3. The number of para-hydroxylation sites is 1. The van der Waals surface area contributed by atoms with Crippen molar-refractivity contribution in [2.45, 2.75) is 33.1 Å². The molecule has 7 nitrogen and oxygen atoms in total. The summed E-state index contributed by atoms with van der Waals surface area (Å²) in [6, 6.07) is 20.8. The van der Waals surface area contributed by atoms with Crippen LogP contribution in [0, 0.1) is 20.8 Å². The first kappa shape index (κ1) is 22.8. The van der Waals surface area contributed by atoms with Crippen LogP contribution in [-0.4, -0.2) is 26.2 Å². The Morgan fingerprint density at radius 3 is 2.56 bits per heavy atom. The molecule has 0 amide bonds. The number of aromatic nitrogens is 2. The van der Waals surface area contributed by atoms with Crippen LogP contribution in [0.15, 0.2) is 75.2 Å². The van der Waals surface area contributed by atoms with Crippen LogP contribution in [0.1, 0.15) is 34.0 Å². The van der Waals surface area contributed by atoms with Gasteiger partial charge in [0, 0.05) is 16.5 Å². The maximum absolute atomic E-state index is 6.05. The predicted octanol–water partition coefficient (Wildman–Crippen LogP) is 7.54. The van der Waals surface area contributed by atoms with Crippen molar-refractivity contribution < 1.29 is 4.42 Å². The summed E-state index contributed by atoms with van der Waals surface area (Å²) in [6.45, 7) is 8.15. The van der Waals surface area contributed by atoms with E-state index in [1.165, 1.54) is 22.5 Å². The summed E-state index contributed by atoms with van der Waals surface area (Å²) in [7, 11) is 0. The lowest BCUT2D eigenvalue weighted by molar-refractivity contribution is 0.438. The second-order valence-corrected chi connectivity index (χ2v) is 11.2. The van der Waals surface area contributed by atoms with Crippen LogP contribution < -0.4 is 5.32 Å². The maximum atomic E-state index is 6.05. The first-order valence-corrected chi connectivity index (χ1v) is 13.3. The minimum absolute atomic E-state index is 0.102. The molecule has 1 aliphatic heterocycles. The Balaban J connectivity index is 1.43. The minimum Gasteiger partial charge on any atom is -0.456 e. The number of aryl methyl sites for hydroxylation is 3. The molecule has 5 aromatic rings. The Morgan fingerprint density at radius 2 is 1.75 bits per heavy atom. The number of hydrogen-bond acceptors (Lipinski definition) is 7. The van der Waals surface area contributed by atoms with E-state index in [4.69, 9.17) is 14.5 Å². The van der Waals surface area contributed by atoms with Gasteiger partial charge in [-0.2, -0.15) is 10.1 Å². The molecular weight excluding hydrogens is 488 g/mol. The molecule has 0 bridgehead atoms. The first-order valence-electron chi connectivity index (χ1n) is 11.6. The molecule has 0 saturated carbocycles. The van der Waals surface area contributed by atoms with Gasteiger partial charge in [-0.05, 0) is 74.7 Å². The number of anilines is 1. The Labute approximate surface area is 216 Å². The number of hydrazone groups is 1. The molecule has 3 aromatic carbocycles. The van der Waals surface area contributed by atoms with Crippen LogP contribution in [0.5, 0.6) is 0 Å². The van der Waals surface area contributed by atoms with Crippen molar-refractivity contribution in [1.29, 1.82) is 0 Å². The van der Waals surface area contributed by atoms with E-state index in [0.717, 1.165) is 43.2 Å². The van der Waals surface area contributed by atoms with Crippen LogP contribution in [0.4, 0.5) is 10.8 Å². The van der Waals surface area contributed by atoms with Crippen molar-refractivity contribution in [3.8, 4) is 0 Å². The van der Waals surface area contributed by atoms with Gasteiger partial charge in [-0.25, -0.2) is 5.01 Å². The lowest BCUT2D eigenvalue weighted by Crippen LogP contribution is -2.32. The summed E-state index contributed by atoms with van der Waals surface area (Å²) < 4.78 is 6.05. The normalized spacial score (nSPS) is 16.2. The number of benzene rings is 3. The van der Waals surface area contributed by atoms with Crippen molar-refractivity contribution in [2.75, 3.05) is 5.32 Å². The van der Waals surface area contributed by atoms with Crippen molar-refractivity contribution >= 4 is 66.9 Å². The molecule has 1 N–H and O–H groups in total. The van der Waals surface area contributed by atoms with E-state index in [9.17, 15) is 0 Å². The van der Waals surface area contributed by atoms with Gasteiger partial charge >= 0.3 is 0 Å². The smallest absolute Gasteiger partial charge is 0.234 e. The zero-order valence-electron chi connectivity index (χ0n) is 20.3. The lowest BCUT2D eigenvalue weighted by Gasteiger charge is -2.25. The van der Waals surface area contributed by atoms with E-state index in [1.54, 1.807) is 11.8 Å². The molecule has 1 atom stereocenters. The third-order valence-electron chi connectivity index (χ3n) is 6.14. The van der Waals surface area contributed by atoms with E-state index < -0.39 is 0 Å². The molecule has 6 rings (SSSR count). The standard InChI is InChI=1S/C27H24N6OS2/c1-15-9-11-20(13-16(15)2)28-26(29-27-31-30-17(3)36-27)33-25(35-18(4)32-33)19-10-12-24-22(14-19)21-7-5-6-8-23(21)34-24/h5-14,25H,1-4H3,(H,28,29,31). The van der Waals surface area contributed by atoms with Crippen molar-refractivity contribution in [3.05, 3.63) is 82.4 Å². The highest BCUT2D eigenvalue weighted by Crippen LogP contribution is 2.42. The van der Waals surface area contributed by atoms with Crippen LogP contribution in [-0.2, 0) is 0 Å². The van der Waals surface area contributed by atoms with Gasteiger partial charge in [-0.15, -0.1) is 10.2 Å². The number of rotatable bonds is 3. The average molecular weight is 513 g/mol. The average Bonchev–Trinajstić information content (AvgIpc) is 3.57. The quantitative estimate of drug-likeness (QED) is 0.199. The van der Waals surface area contributed by atoms with Crippen molar-refractivity contribution in [1.82, 2.24) is 15.2 Å². The Hall–Kier alpha value is -3.69. The number of hydrogen-bond donors (Lipinski definition) is 1. The second-order valence-electron chi connectivity index (χ2n) is 8.75. The summed E-state index contributed by atoms with van der Waals surface area (Å²) >= 11 is 3.14. The fraction of sp³-hybridized carbons (Fsp3) is 0.185. The molecule has 0 fully saturated rings. The molecule has 3 heterocycles. The number of aliphatic imine (C=N–C) groups is 1. The SMILES string of the molecule is CC1=NN(/C(=N/c2nnc(C)s2)Nc2ccc(C)c(C)c2)C(c2ccc3oc4ccccc4c3c2)S1. The summed E-state index contributed by atoms with van der Waals surface area (Å²) in [4.78, 5) is 4.86. The molecule has 1 unspecified atom stereocenters. The van der Waals surface area contributed by atoms with Crippen LogP contribution in [0.25, 0.3) is 21.9 Å². The molecule has 0 radical (unpaired) electrons. The number of furan rings is 1. The predicted molar refractivity (Wildman–Crippen MR) is 150 cm³/mol. The van der Waals surface area contributed by atoms with Crippen molar-refractivity contribution in [3.63, 3.8) is 0 Å². The van der Waals surface area contributed by atoms with Crippen LogP contribution in [0.2, 0.25) is 0 Å². The number of nitrogens with zero attached hydrogens (tertiary/aromatic N) is 5. The molecular formula is C27H24N6OS2. The third-order valence-corrected chi connectivity index (χ3v) is 7.99. The Morgan fingerprint density at radius 1 is 0.917 bits per heavy atom. The number of guanidine groups is 1. The van der Waals surface area contributed by atoms with E-state index in [0.29, 0.717) is 11.1 Å². The fourth-order valence-electron chi connectivity index (χ4n) is 4.21. The van der Waals surface area contributed by atoms with Gasteiger partial charge in [0.15, 0.2) is 0 Å². The van der Waals surface area contributed by atoms with Crippen LogP contribution >= 0.6 is 23.1 Å². The summed E-state index contributed by atoms with van der Waals surface area (Å²) in [6.07, 6.45) is 0. The van der Waals surface area contributed by atoms with Gasteiger partial charge in [-0.3, -0.25) is 0 Å². The van der Waals surface area contributed by atoms with E-state index in [2.05, 4.69) is 65.8 Å². The molecule has 0 aliphatic carbocycles. The zero-order valence-corrected chi connectivity index (χ0v) is 21.9. The Bertz CT molecular complexity index is 1670. The molecule has 1 aliphatic rings. The maximum Gasteiger partial charge on any atom is 0.234 e. The largest absolute Gasteiger partial charge is 0.456 e. The highest BCUT2D eigenvalue weighted by Gasteiger charge is 2.32. The zero-order chi connectivity index (χ0) is 24.8. The number of nitrogens with one attached hydrogen (secondary N) is 1. The van der Waals surface area contributed by atoms with Crippen molar-refractivity contribution in [2.24, 2.45) is 10.1 Å². The number of thioether (sulfide) groups is 1. The third kappa shape index (κ3) is 4.25. The van der Waals surface area contributed by atoms with Gasteiger partial charge in [0.05, 0.1) is 5.04 Å². The second kappa shape index (κ2) is 9.07. The fourth-order valence-corrected chi connectivity index (χ4v) is 5.76. The van der Waals surface area contributed by atoms with Gasteiger partial charge in [0.2, 0.25) is 11.1 Å². The Kier molecular flexibility index (Phi) is 5.73. The molecule has 0 spiro atoms. The topological polar surface area (TPSA) is 78.9 Å². The highest BCUT2D eigenvalue weighted by molar-refractivity contribution is 8.14. The van der Waals surface area contributed by atoms with Gasteiger partial charge in [0.1, 0.15) is 21.5 Å². The highest BCUT2D eigenvalue weighted by atomic mass is 32.2. The molecule has 180 valence electrons. The van der Waals surface area contributed by atoms with Gasteiger partial charge < -0.3 is 9.73 Å². The summed E-state index contributed by atoms with van der Waals surface area (Å²) in [5, 5.41) is 23.2. The van der Waals surface area contributed by atoms with Crippen LogP contribution in [0.3, 0.4) is 0 Å². The molecule has 0 saturated heterocycles. The summed E-state index contributed by atoms with van der Waals surface area (Å²) in [5.41, 5.74) is 6.26. The minimum atomic E-state index is -0.102. The monoisotopic (exact) mass is 512 g/mol. The van der Waals surface area contributed by atoms with E-state index in [-0.39, 0.29) is 5.37 Å². The first-order chi connectivity index (χ1) is 17.4. The molecule has 36 heavy (non-hydrogen) atoms. The molecule has 2 aromatic heterocycles. The summed E-state index contributed by atoms with van der Waals surface area (Å²) in [5.74, 6) is 0.598. The van der Waals surface area contributed by atoms with E-state index >= 15 is 0 Å². The van der Waals surface area contributed by atoms with Gasteiger partial charge in [-0.1, -0.05) is 53.4 Å². The molecule has 9 heteroatoms.